The van der Waals surface area contributed by atoms with Crippen LogP contribution in [0, 0.1) is 17.0 Å². The van der Waals surface area contributed by atoms with E-state index < -0.39 is 0 Å². The van der Waals surface area contributed by atoms with Crippen LogP contribution in [0.4, 0.5) is 5.69 Å². The number of nitro groups is 1. The lowest BCUT2D eigenvalue weighted by Gasteiger charge is -2.14. The zero-order valence-corrected chi connectivity index (χ0v) is 10.7. The molecule has 1 aromatic carbocycles. The Hall–Kier alpha value is -1.42. The second-order valence-corrected chi connectivity index (χ2v) is 4.39. The summed E-state index contributed by atoms with van der Waals surface area (Å²) in [6.07, 6.45) is 1.77. The molecule has 0 saturated heterocycles. The molecule has 1 N–H and O–H groups in total. The maximum Gasteiger partial charge on any atom is 0.272 e. The van der Waals surface area contributed by atoms with Gasteiger partial charge in [0.05, 0.1) is 4.92 Å². The van der Waals surface area contributed by atoms with Crippen LogP contribution in [-0.2, 0) is 6.42 Å². The highest BCUT2D eigenvalue weighted by atomic mass is 16.6. The van der Waals surface area contributed by atoms with Crippen molar-refractivity contribution >= 4 is 5.69 Å². The number of rotatable bonds is 6. The minimum atomic E-state index is -0.297. The lowest BCUT2D eigenvalue weighted by Crippen LogP contribution is -2.29. The van der Waals surface area contributed by atoms with Crippen molar-refractivity contribution < 1.29 is 4.92 Å². The van der Waals surface area contributed by atoms with Crippen LogP contribution in [0.3, 0.4) is 0 Å². The van der Waals surface area contributed by atoms with Gasteiger partial charge in [0.25, 0.3) is 5.69 Å². The van der Waals surface area contributed by atoms with E-state index >= 15 is 0 Å². The van der Waals surface area contributed by atoms with Gasteiger partial charge in [-0.3, -0.25) is 10.1 Å². The monoisotopic (exact) mass is 236 g/mol. The molecule has 1 atom stereocenters. The zero-order valence-electron chi connectivity index (χ0n) is 10.7. The van der Waals surface area contributed by atoms with E-state index in [2.05, 4.69) is 19.2 Å². The predicted octanol–water partition coefficient (Wildman–Crippen LogP) is 2.83. The third kappa shape index (κ3) is 3.82. The van der Waals surface area contributed by atoms with Crippen molar-refractivity contribution in [1.29, 1.82) is 0 Å². The largest absolute Gasteiger partial charge is 0.314 e. The summed E-state index contributed by atoms with van der Waals surface area (Å²) in [5.74, 6) is 0. The van der Waals surface area contributed by atoms with Crippen LogP contribution in [-0.4, -0.2) is 17.5 Å². The fraction of sp³-hybridized carbons (Fsp3) is 0.538. The van der Waals surface area contributed by atoms with Crippen molar-refractivity contribution in [3.63, 3.8) is 0 Å². The molecule has 0 aliphatic carbocycles. The summed E-state index contributed by atoms with van der Waals surface area (Å²) in [7, 11) is 0. The van der Waals surface area contributed by atoms with Gasteiger partial charge in [-0.05, 0) is 38.8 Å². The SMILES string of the molecule is CCCNC(C)Cc1c(C)cccc1[N+](=O)[O-]. The standard InChI is InChI=1S/C13H20N2O2/c1-4-8-14-11(3)9-12-10(2)6-5-7-13(12)15(16)17/h5-7,11,14H,4,8-9H2,1-3H3. The second-order valence-electron chi connectivity index (χ2n) is 4.39. The van der Waals surface area contributed by atoms with Crippen molar-refractivity contribution in [2.75, 3.05) is 6.54 Å². The molecule has 0 heterocycles. The molecule has 0 fully saturated rings. The van der Waals surface area contributed by atoms with Crippen molar-refractivity contribution in [3.05, 3.63) is 39.4 Å². The summed E-state index contributed by atoms with van der Waals surface area (Å²) in [4.78, 5) is 10.7. The van der Waals surface area contributed by atoms with Crippen LogP contribution >= 0.6 is 0 Å². The molecule has 0 saturated carbocycles. The summed E-state index contributed by atoms with van der Waals surface area (Å²) in [6, 6.07) is 5.50. The quantitative estimate of drug-likeness (QED) is 0.610. The van der Waals surface area contributed by atoms with E-state index in [1.807, 2.05) is 13.0 Å². The highest BCUT2D eigenvalue weighted by Crippen LogP contribution is 2.23. The smallest absolute Gasteiger partial charge is 0.272 e. The van der Waals surface area contributed by atoms with Crippen molar-refractivity contribution in [1.82, 2.24) is 5.32 Å². The molecule has 0 aliphatic heterocycles. The van der Waals surface area contributed by atoms with E-state index in [0.717, 1.165) is 24.1 Å². The van der Waals surface area contributed by atoms with Crippen LogP contribution in [0.25, 0.3) is 0 Å². The van der Waals surface area contributed by atoms with E-state index in [4.69, 9.17) is 0 Å². The molecule has 0 aliphatic rings. The van der Waals surface area contributed by atoms with Gasteiger partial charge in [0.2, 0.25) is 0 Å². The topological polar surface area (TPSA) is 55.2 Å². The number of hydrogen-bond acceptors (Lipinski definition) is 3. The van der Waals surface area contributed by atoms with Crippen LogP contribution in [0.2, 0.25) is 0 Å². The molecule has 94 valence electrons. The molecule has 1 rings (SSSR count). The first kappa shape index (κ1) is 13.6. The Bertz CT molecular complexity index is 391. The van der Waals surface area contributed by atoms with Crippen LogP contribution in [0.5, 0.6) is 0 Å². The zero-order chi connectivity index (χ0) is 12.8. The Kier molecular flexibility index (Phi) is 5.10. The molecule has 17 heavy (non-hydrogen) atoms. The van der Waals surface area contributed by atoms with Gasteiger partial charge < -0.3 is 5.32 Å². The first-order chi connectivity index (χ1) is 8.06. The van der Waals surface area contributed by atoms with Gasteiger partial charge in [-0.15, -0.1) is 0 Å². The first-order valence-electron chi connectivity index (χ1n) is 6.02. The van der Waals surface area contributed by atoms with Gasteiger partial charge in [-0.1, -0.05) is 19.1 Å². The average Bonchev–Trinajstić information content (AvgIpc) is 2.28. The predicted molar refractivity (Wildman–Crippen MR) is 69.3 cm³/mol. The fourth-order valence-electron chi connectivity index (χ4n) is 1.89. The van der Waals surface area contributed by atoms with E-state index in [-0.39, 0.29) is 16.7 Å². The third-order valence-corrected chi connectivity index (χ3v) is 2.84. The number of nitro benzene ring substituents is 1. The maximum absolute atomic E-state index is 11.0. The van der Waals surface area contributed by atoms with Gasteiger partial charge in [0.1, 0.15) is 0 Å². The Morgan fingerprint density at radius 1 is 1.47 bits per heavy atom. The summed E-state index contributed by atoms with van der Waals surface area (Å²) in [5.41, 5.74) is 2.06. The molecule has 4 nitrogen and oxygen atoms in total. The lowest BCUT2D eigenvalue weighted by atomic mass is 10.00. The minimum absolute atomic E-state index is 0.232. The molecule has 0 spiro atoms. The van der Waals surface area contributed by atoms with Gasteiger partial charge in [-0.25, -0.2) is 0 Å². The Morgan fingerprint density at radius 2 is 2.18 bits per heavy atom. The summed E-state index contributed by atoms with van der Waals surface area (Å²) < 4.78 is 0. The van der Waals surface area contributed by atoms with Crippen LogP contribution in [0.15, 0.2) is 18.2 Å². The molecule has 0 radical (unpaired) electrons. The normalized spacial score (nSPS) is 12.4. The third-order valence-electron chi connectivity index (χ3n) is 2.84. The summed E-state index contributed by atoms with van der Waals surface area (Å²) >= 11 is 0. The number of hydrogen-bond donors (Lipinski definition) is 1. The number of nitrogens with one attached hydrogen (secondary N) is 1. The molecule has 0 amide bonds. The highest BCUT2D eigenvalue weighted by Gasteiger charge is 2.17. The second kappa shape index (κ2) is 6.35. The highest BCUT2D eigenvalue weighted by molar-refractivity contribution is 5.45. The molecule has 0 bridgehead atoms. The molecular weight excluding hydrogens is 216 g/mol. The Morgan fingerprint density at radius 3 is 2.76 bits per heavy atom. The fourth-order valence-corrected chi connectivity index (χ4v) is 1.89. The van der Waals surface area contributed by atoms with Crippen LogP contribution in [0.1, 0.15) is 31.4 Å². The van der Waals surface area contributed by atoms with E-state index in [1.54, 1.807) is 12.1 Å². The number of benzene rings is 1. The van der Waals surface area contributed by atoms with Crippen molar-refractivity contribution in [2.24, 2.45) is 0 Å². The minimum Gasteiger partial charge on any atom is -0.314 e. The maximum atomic E-state index is 11.0. The Balaban J connectivity index is 2.85. The van der Waals surface area contributed by atoms with E-state index in [9.17, 15) is 10.1 Å². The average molecular weight is 236 g/mol. The summed E-state index contributed by atoms with van der Waals surface area (Å²) in [5, 5.41) is 14.3. The Labute approximate surface area is 102 Å². The van der Waals surface area contributed by atoms with Crippen LogP contribution < -0.4 is 5.32 Å². The first-order valence-corrected chi connectivity index (χ1v) is 6.02. The molecular formula is C13H20N2O2. The molecule has 0 aromatic heterocycles. The van der Waals surface area contributed by atoms with Crippen molar-refractivity contribution in [2.45, 2.75) is 39.7 Å². The van der Waals surface area contributed by atoms with Gasteiger partial charge >= 0.3 is 0 Å². The molecule has 4 heteroatoms. The summed E-state index contributed by atoms with van der Waals surface area (Å²) in [6.45, 7) is 7.04. The number of nitrogens with zero attached hydrogens (tertiary/aromatic N) is 1. The van der Waals surface area contributed by atoms with Crippen molar-refractivity contribution in [3.8, 4) is 0 Å². The number of aryl methyl sites for hydroxylation is 1. The lowest BCUT2D eigenvalue weighted by molar-refractivity contribution is -0.385. The van der Waals surface area contributed by atoms with E-state index in [0.29, 0.717) is 6.42 Å². The van der Waals surface area contributed by atoms with Gasteiger partial charge in [-0.2, -0.15) is 0 Å². The van der Waals surface area contributed by atoms with Gasteiger partial charge in [0, 0.05) is 17.7 Å². The van der Waals surface area contributed by atoms with E-state index in [1.165, 1.54) is 0 Å². The molecule has 1 aromatic rings. The molecule has 1 unspecified atom stereocenters. The van der Waals surface area contributed by atoms with Gasteiger partial charge in [0.15, 0.2) is 0 Å².